The summed E-state index contributed by atoms with van der Waals surface area (Å²) in [6.45, 7) is 4.87. The van der Waals surface area contributed by atoms with Crippen molar-refractivity contribution < 1.29 is 10.2 Å². The second-order valence-electron chi connectivity index (χ2n) is 1.42. The average Bonchev–Trinajstić information content (AvgIpc) is 1.83. The van der Waals surface area contributed by atoms with Crippen LogP contribution in [0.3, 0.4) is 0 Å². The van der Waals surface area contributed by atoms with Crippen LogP contribution in [0, 0.1) is 6.58 Å². The van der Waals surface area contributed by atoms with Gasteiger partial charge in [0.2, 0.25) is 0 Å². The Kier molecular flexibility index (Phi) is 4.04. The van der Waals surface area contributed by atoms with Gasteiger partial charge in [-0.2, -0.15) is 0 Å². The monoisotopic (exact) mass is 113 g/mol. The Morgan fingerprint density at radius 2 is 2.25 bits per heavy atom. The van der Waals surface area contributed by atoms with E-state index in [0.717, 1.165) is 0 Å². The van der Waals surface area contributed by atoms with Gasteiger partial charge in [0.15, 0.2) is 0 Å². The van der Waals surface area contributed by atoms with Gasteiger partial charge in [-0.1, -0.05) is 5.73 Å². The maximum absolute atomic E-state index is 8.56. The molecule has 0 saturated heterocycles. The van der Waals surface area contributed by atoms with Crippen LogP contribution in [0.15, 0.2) is 11.5 Å². The van der Waals surface area contributed by atoms with Crippen LogP contribution >= 0.6 is 0 Å². The Labute approximate surface area is 48.8 Å². The third-order valence-corrected chi connectivity index (χ3v) is 0.738. The zero-order chi connectivity index (χ0) is 6.41. The van der Waals surface area contributed by atoms with E-state index in [1.165, 1.54) is 0 Å². The number of aliphatic hydroxyl groups excluding tert-OH is 2. The molecular formula is C6H9O2. The molecule has 0 aliphatic heterocycles. The number of allylic oxidation sites excluding steroid dienone is 1. The fourth-order valence-corrected chi connectivity index (χ4v) is 0.319. The lowest BCUT2D eigenvalue weighted by Crippen LogP contribution is -1.84. The fraction of sp³-hybridized carbons (Fsp3) is 0.500. The average molecular weight is 113 g/mol. The Morgan fingerprint density at radius 3 is 2.62 bits per heavy atom. The molecule has 0 bridgehead atoms. The van der Waals surface area contributed by atoms with Gasteiger partial charge in [0.25, 0.3) is 0 Å². The lowest BCUT2D eigenvalue weighted by Gasteiger charge is -1.90. The molecule has 45 valence electrons. The van der Waals surface area contributed by atoms with Gasteiger partial charge < -0.3 is 10.2 Å². The minimum Gasteiger partial charge on any atom is -0.505 e. The first-order valence-corrected chi connectivity index (χ1v) is 2.43. The Hall–Kier alpha value is -0.720. The van der Waals surface area contributed by atoms with Crippen LogP contribution in [0.5, 0.6) is 0 Å². The fourth-order valence-electron chi connectivity index (χ4n) is 0.319. The van der Waals surface area contributed by atoms with Crippen LogP contribution in [0.2, 0.25) is 0 Å². The summed E-state index contributed by atoms with van der Waals surface area (Å²) in [4.78, 5) is 0. The highest BCUT2D eigenvalue weighted by Gasteiger charge is 1.87. The molecule has 0 amide bonds. The number of aliphatic hydroxyl groups is 2. The Morgan fingerprint density at radius 1 is 1.62 bits per heavy atom. The first kappa shape index (κ1) is 7.28. The maximum Gasteiger partial charge on any atom is 0.135 e. The van der Waals surface area contributed by atoms with E-state index in [4.69, 9.17) is 16.8 Å². The van der Waals surface area contributed by atoms with E-state index in [1.54, 1.807) is 0 Å². The van der Waals surface area contributed by atoms with Crippen molar-refractivity contribution in [3.05, 3.63) is 18.1 Å². The zero-order valence-corrected chi connectivity index (χ0v) is 4.59. The van der Waals surface area contributed by atoms with E-state index in [2.05, 4.69) is 5.73 Å². The third-order valence-electron chi connectivity index (χ3n) is 0.738. The highest BCUT2D eigenvalue weighted by Crippen LogP contribution is 1.95. The summed E-state index contributed by atoms with van der Waals surface area (Å²) in [5, 5.41) is 16.8. The van der Waals surface area contributed by atoms with Crippen molar-refractivity contribution in [3.63, 3.8) is 0 Å². The normalized spacial score (nSPS) is 8.12. The molecule has 0 aromatic rings. The minimum atomic E-state index is 0.0130. The summed E-state index contributed by atoms with van der Waals surface area (Å²) >= 11 is 0. The van der Waals surface area contributed by atoms with E-state index < -0.39 is 0 Å². The topological polar surface area (TPSA) is 40.5 Å². The first-order valence-electron chi connectivity index (χ1n) is 2.43. The van der Waals surface area contributed by atoms with Crippen LogP contribution in [0.25, 0.3) is 0 Å². The molecule has 0 aliphatic carbocycles. The van der Waals surface area contributed by atoms with Gasteiger partial charge in [0, 0.05) is 13.0 Å². The van der Waals surface area contributed by atoms with Gasteiger partial charge in [-0.3, -0.25) is 0 Å². The molecule has 8 heavy (non-hydrogen) atoms. The van der Waals surface area contributed by atoms with Crippen LogP contribution in [0.4, 0.5) is 0 Å². The summed E-state index contributed by atoms with van der Waals surface area (Å²) in [7, 11) is 0. The molecule has 1 radical (unpaired) electrons. The highest BCUT2D eigenvalue weighted by atomic mass is 16.3. The summed E-state index contributed by atoms with van der Waals surface area (Å²) < 4.78 is 0. The summed E-state index contributed by atoms with van der Waals surface area (Å²) in [5.41, 5.74) is 2.06. The molecule has 0 rings (SSSR count). The lowest BCUT2D eigenvalue weighted by molar-refractivity contribution is 0.276. The van der Waals surface area contributed by atoms with Crippen LogP contribution in [-0.2, 0) is 0 Å². The third kappa shape index (κ3) is 3.47. The molecule has 2 nitrogen and oxygen atoms in total. The molecule has 0 unspecified atom stereocenters. The molecule has 0 aromatic heterocycles. The molecule has 0 heterocycles. The van der Waals surface area contributed by atoms with Gasteiger partial charge in [0.05, 0.1) is 0 Å². The number of rotatable bonds is 3. The maximum atomic E-state index is 8.56. The quantitative estimate of drug-likeness (QED) is 0.419. The van der Waals surface area contributed by atoms with E-state index in [1.807, 2.05) is 0 Å². The molecule has 0 aromatic carbocycles. The second kappa shape index (κ2) is 4.44. The lowest BCUT2D eigenvalue weighted by atomic mass is 10.3. The van der Waals surface area contributed by atoms with Gasteiger partial charge in [-0.05, 0) is 13.0 Å². The van der Waals surface area contributed by atoms with Crippen molar-refractivity contribution in [2.24, 2.45) is 0 Å². The van der Waals surface area contributed by atoms with Crippen molar-refractivity contribution in [2.75, 3.05) is 6.61 Å². The molecule has 2 heteroatoms. The SMILES string of the molecule is [CH]=C=C(O)CCCO. The first-order chi connectivity index (χ1) is 3.81. The highest BCUT2D eigenvalue weighted by molar-refractivity contribution is 4.83. The number of hydrogen-bond acceptors (Lipinski definition) is 2. The molecule has 0 saturated carbocycles. The minimum absolute atomic E-state index is 0.0130. The van der Waals surface area contributed by atoms with Gasteiger partial charge in [0.1, 0.15) is 5.76 Å². The predicted molar refractivity (Wildman–Crippen MR) is 30.3 cm³/mol. The van der Waals surface area contributed by atoms with Crippen molar-refractivity contribution in [1.82, 2.24) is 0 Å². The van der Waals surface area contributed by atoms with E-state index in [0.29, 0.717) is 12.8 Å². The van der Waals surface area contributed by atoms with Crippen molar-refractivity contribution in [2.45, 2.75) is 12.8 Å². The van der Waals surface area contributed by atoms with Crippen LogP contribution < -0.4 is 0 Å². The largest absolute Gasteiger partial charge is 0.505 e. The standard InChI is InChI=1S/C6H9O2/c1-2-6(8)4-3-5-7/h1,7-8H,3-5H2. The van der Waals surface area contributed by atoms with E-state index >= 15 is 0 Å². The smallest absolute Gasteiger partial charge is 0.135 e. The molecule has 0 atom stereocenters. The van der Waals surface area contributed by atoms with Crippen molar-refractivity contribution in [3.8, 4) is 0 Å². The number of hydrogen-bond donors (Lipinski definition) is 2. The zero-order valence-electron chi connectivity index (χ0n) is 4.59. The summed E-state index contributed by atoms with van der Waals surface area (Å²) in [6, 6.07) is 0. The second-order valence-corrected chi connectivity index (χ2v) is 1.42. The Balaban J connectivity index is 3.26. The summed E-state index contributed by atoms with van der Waals surface area (Å²) in [5.74, 6) is 0.0130. The molecule has 0 aliphatic rings. The van der Waals surface area contributed by atoms with Gasteiger partial charge >= 0.3 is 0 Å². The van der Waals surface area contributed by atoms with E-state index in [-0.39, 0.29) is 12.4 Å². The van der Waals surface area contributed by atoms with Crippen LogP contribution in [0.1, 0.15) is 12.8 Å². The molecule has 0 fully saturated rings. The predicted octanol–water partition coefficient (Wildman–Crippen LogP) is 0.789. The van der Waals surface area contributed by atoms with Crippen molar-refractivity contribution in [1.29, 1.82) is 0 Å². The molecule has 2 N–H and O–H groups in total. The van der Waals surface area contributed by atoms with Crippen molar-refractivity contribution >= 4 is 0 Å². The summed E-state index contributed by atoms with van der Waals surface area (Å²) in [6.07, 6.45) is 0.947. The van der Waals surface area contributed by atoms with Gasteiger partial charge in [-0.15, -0.1) is 0 Å². The van der Waals surface area contributed by atoms with Gasteiger partial charge in [-0.25, -0.2) is 0 Å². The molecule has 0 spiro atoms. The van der Waals surface area contributed by atoms with Crippen LogP contribution in [-0.4, -0.2) is 16.8 Å². The van der Waals surface area contributed by atoms with E-state index in [9.17, 15) is 0 Å². The Bertz CT molecular complexity index is 101. The molecular weight excluding hydrogens is 104 g/mol.